The van der Waals surface area contributed by atoms with E-state index < -0.39 is 0 Å². The van der Waals surface area contributed by atoms with Crippen molar-refractivity contribution in [2.24, 2.45) is 5.92 Å². The number of carbonyl (C=O) groups excluding carboxylic acids is 1. The first-order valence-corrected chi connectivity index (χ1v) is 11.6. The zero-order valence-corrected chi connectivity index (χ0v) is 19.5. The Morgan fingerprint density at radius 2 is 2.09 bits per heavy atom. The average Bonchev–Trinajstić information content (AvgIpc) is 3.41. The van der Waals surface area contributed by atoms with Gasteiger partial charge in [0.05, 0.1) is 29.7 Å². The van der Waals surface area contributed by atoms with E-state index in [0.29, 0.717) is 36.2 Å². The lowest BCUT2D eigenvalue weighted by Crippen LogP contribution is -2.20. The van der Waals surface area contributed by atoms with Crippen LogP contribution in [0.15, 0.2) is 42.7 Å². The van der Waals surface area contributed by atoms with Crippen molar-refractivity contribution in [3.63, 3.8) is 0 Å². The van der Waals surface area contributed by atoms with E-state index in [0.717, 1.165) is 54.9 Å². The minimum absolute atomic E-state index is 0.232. The van der Waals surface area contributed by atoms with E-state index >= 15 is 0 Å². The lowest BCUT2D eigenvalue weighted by molar-refractivity contribution is 0.0605. The molecule has 1 N–H and O–H groups in total. The number of imidazole rings is 1. The highest BCUT2D eigenvalue weighted by Gasteiger charge is 2.20. The molecule has 0 bridgehead atoms. The summed E-state index contributed by atoms with van der Waals surface area (Å²) in [6, 6.07) is 9.55. The predicted molar refractivity (Wildman–Crippen MR) is 129 cm³/mol. The largest absolute Gasteiger partial charge is 0.491 e. The summed E-state index contributed by atoms with van der Waals surface area (Å²) in [7, 11) is 1.63. The number of carbonyl (C=O) groups is 1. The zero-order valence-electron chi connectivity index (χ0n) is 19.5. The number of nitrogens with one attached hydrogen (secondary N) is 1. The van der Waals surface area contributed by atoms with Crippen molar-refractivity contribution < 1.29 is 19.0 Å². The van der Waals surface area contributed by atoms with Gasteiger partial charge < -0.3 is 19.5 Å². The fourth-order valence-electron chi connectivity index (χ4n) is 4.49. The maximum Gasteiger partial charge on any atom is 0.274 e. The molecule has 1 aromatic carbocycles. The van der Waals surface area contributed by atoms with Gasteiger partial charge in [-0.15, -0.1) is 0 Å². The smallest absolute Gasteiger partial charge is 0.274 e. The molecule has 3 aromatic heterocycles. The van der Waals surface area contributed by atoms with Crippen LogP contribution in [0, 0.1) is 12.8 Å². The molecule has 0 atom stereocenters. The summed E-state index contributed by atoms with van der Waals surface area (Å²) in [5.41, 5.74) is 3.75. The van der Waals surface area contributed by atoms with Crippen LogP contribution in [0.25, 0.3) is 16.6 Å². The van der Waals surface area contributed by atoms with Crippen LogP contribution in [0.3, 0.4) is 0 Å². The van der Waals surface area contributed by atoms with Gasteiger partial charge in [-0.3, -0.25) is 13.9 Å². The van der Waals surface area contributed by atoms with Gasteiger partial charge in [0.25, 0.3) is 5.91 Å². The molecule has 0 aliphatic carbocycles. The minimum atomic E-state index is -0.232. The SMILES string of the molecule is COCCOc1ccn2c(C(=O)Nc3cccc4c3c(C)nn4CC3CCOCC3)cnc2c1. The summed E-state index contributed by atoms with van der Waals surface area (Å²) in [6.07, 6.45) is 5.46. The number of benzene rings is 1. The number of rotatable bonds is 8. The molecule has 9 nitrogen and oxygen atoms in total. The molecule has 178 valence electrons. The molecule has 34 heavy (non-hydrogen) atoms. The van der Waals surface area contributed by atoms with Gasteiger partial charge in [-0.25, -0.2) is 4.98 Å². The minimum Gasteiger partial charge on any atom is -0.491 e. The van der Waals surface area contributed by atoms with E-state index in [4.69, 9.17) is 19.3 Å². The molecule has 0 unspecified atom stereocenters. The van der Waals surface area contributed by atoms with Crippen LogP contribution in [0.4, 0.5) is 5.69 Å². The topological polar surface area (TPSA) is 91.9 Å². The Kier molecular flexibility index (Phi) is 6.46. The van der Waals surface area contributed by atoms with Gasteiger partial charge in [0.2, 0.25) is 0 Å². The molecule has 1 aliphatic heterocycles. The number of methoxy groups -OCH3 is 1. The molecular formula is C25H29N5O4. The lowest BCUT2D eigenvalue weighted by atomic mass is 10.0. The van der Waals surface area contributed by atoms with E-state index in [1.54, 1.807) is 30.0 Å². The number of anilines is 1. The second-order valence-corrected chi connectivity index (χ2v) is 8.55. The highest BCUT2D eigenvalue weighted by Crippen LogP contribution is 2.29. The van der Waals surface area contributed by atoms with Crippen molar-refractivity contribution in [2.75, 3.05) is 38.9 Å². The number of fused-ring (bicyclic) bond motifs is 2. The number of nitrogens with zero attached hydrogens (tertiary/aromatic N) is 4. The van der Waals surface area contributed by atoms with Crippen molar-refractivity contribution in [2.45, 2.75) is 26.3 Å². The summed E-state index contributed by atoms with van der Waals surface area (Å²) in [6.45, 7) is 5.41. The van der Waals surface area contributed by atoms with Crippen molar-refractivity contribution in [1.29, 1.82) is 0 Å². The first kappa shape index (κ1) is 22.4. The zero-order chi connectivity index (χ0) is 23.5. The van der Waals surface area contributed by atoms with Gasteiger partial charge in [0.15, 0.2) is 0 Å². The van der Waals surface area contributed by atoms with E-state index in [2.05, 4.69) is 21.0 Å². The normalized spacial score (nSPS) is 14.6. The fourth-order valence-corrected chi connectivity index (χ4v) is 4.49. The highest BCUT2D eigenvalue weighted by atomic mass is 16.5. The van der Waals surface area contributed by atoms with Crippen LogP contribution in [0.2, 0.25) is 0 Å². The number of pyridine rings is 1. The van der Waals surface area contributed by atoms with Gasteiger partial charge in [-0.1, -0.05) is 6.07 Å². The van der Waals surface area contributed by atoms with E-state index in [1.165, 1.54) is 0 Å². The standard InChI is InChI=1S/C25H29N5O4/c1-17-24-20(4-3-5-21(24)30(28-17)16-18-7-10-33-11-8-18)27-25(31)22-15-26-23-14-19(6-9-29(22)23)34-13-12-32-2/h3-6,9,14-15,18H,7-8,10-13,16H2,1-2H3,(H,27,31). The Hall–Kier alpha value is -3.43. The van der Waals surface area contributed by atoms with Gasteiger partial charge in [-0.05, 0) is 43.9 Å². The van der Waals surface area contributed by atoms with E-state index in [-0.39, 0.29) is 5.91 Å². The monoisotopic (exact) mass is 463 g/mol. The van der Waals surface area contributed by atoms with Crippen molar-refractivity contribution in [3.8, 4) is 5.75 Å². The molecule has 1 aliphatic rings. The van der Waals surface area contributed by atoms with Gasteiger partial charge in [0, 0.05) is 44.5 Å². The number of ether oxygens (including phenoxy) is 3. The molecule has 5 rings (SSSR count). The molecular weight excluding hydrogens is 434 g/mol. The van der Waals surface area contributed by atoms with Crippen LogP contribution in [0.5, 0.6) is 5.75 Å². The molecule has 0 radical (unpaired) electrons. The molecule has 4 heterocycles. The first-order chi connectivity index (χ1) is 16.6. The van der Waals surface area contributed by atoms with Crippen molar-refractivity contribution in [1.82, 2.24) is 19.2 Å². The van der Waals surface area contributed by atoms with Gasteiger partial charge >= 0.3 is 0 Å². The average molecular weight is 464 g/mol. The molecule has 1 amide bonds. The van der Waals surface area contributed by atoms with Crippen molar-refractivity contribution >= 4 is 28.1 Å². The second kappa shape index (κ2) is 9.82. The Balaban J connectivity index is 1.37. The summed E-state index contributed by atoms with van der Waals surface area (Å²) >= 11 is 0. The third-order valence-corrected chi connectivity index (χ3v) is 6.25. The number of hydrogen-bond acceptors (Lipinski definition) is 6. The maximum absolute atomic E-state index is 13.2. The molecule has 9 heteroatoms. The fraction of sp³-hybridized carbons (Fsp3) is 0.400. The molecule has 1 saturated heterocycles. The number of amides is 1. The Labute approximate surface area is 197 Å². The number of hydrogen-bond donors (Lipinski definition) is 1. The van der Waals surface area contributed by atoms with Crippen LogP contribution < -0.4 is 10.1 Å². The summed E-state index contributed by atoms with van der Waals surface area (Å²) in [4.78, 5) is 17.6. The Bertz CT molecular complexity index is 1310. The maximum atomic E-state index is 13.2. The molecule has 0 saturated carbocycles. The molecule has 4 aromatic rings. The third-order valence-electron chi connectivity index (χ3n) is 6.25. The highest BCUT2D eigenvalue weighted by molar-refractivity contribution is 6.08. The van der Waals surface area contributed by atoms with Crippen LogP contribution in [0.1, 0.15) is 29.0 Å². The first-order valence-electron chi connectivity index (χ1n) is 11.6. The lowest BCUT2D eigenvalue weighted by Gasteiger charge is -2.22. The van der Waals surface area contributed by atoms with Crippen LogP contribution in [-0.2, 0) is 16.0 Å². The van der Waals surface area contributed by atoms with Crippen molar-refractivity contribution in [3.05, 3.63) is 54.1 Å². The van der Waals surface area contributed by atoms with Gasteiger partial charge in [-0.2, -0.15) is 5.10 Å². The number of aryl methyl sites for hydroxylation is 1. The Morgan fingerprint density at radius 3 is 2.91 bits per heavy atom. The van der Waals surface area contributed by atoms with Crippen LogP contribution >= 0.6 is 0 Å². The summed E-state index contributed by atoms with van der Waals surface area (Å²) in [5.74, 6) is 1.00. The summed E-state index contributed by atoms with van der Waals surface area (Å²) < 4.78 is 20.0. The van der Waals surface area contributed by atoms with E-state index in [9.17, 15) is 4.79 Å². The third kappa shape index (κ3) is 4.49. The van der Waals surface area contributed by atoms with E-state index in [1.807, 2.05) is 25.1 Å². The quantitative estimate of drug-likeness (QED) is 0.401. The van der Waals surface area contributed by atoms with Gasteiger partial charge in [0.1, 0.15) is 23.7 Å². The number of aromatic nitrogens is 4. The summed E-state index contributed by atoms with van der Waals surface area (Å²) in [5, 5.41) is 8.83. The molecule has 0 spiro atoms. The molecule has 1 fully saturated rings. The van der Waals surface area contributed by atoms with Crippen LogP contribution in [-0.4, -0.2) is 58.6 Å². The second-order valence-electron chi connectivity index (χ2n) is 8.55. The Morgan fingerprint density at radius 1 is 1.24 bits per heavy atom. The predicted octanol–water partition coefficient (Wildman–Crippen LogP) is 3.70.